The molecule has 1 saturated heterocycles. The molecule has 2 aliphatic rings. The van der Waals surface area contributed by atoms with Gasteiger partial charge >= 0.3 is 0 Å². The third kappa shape index (κ3) is 2.08. The lowest BCUT2D eigenvalue weighted by molar-refractivity contribution is -0.127. The van der Waals surface area contributed by atoms with Crippen LogP contribution < -0.4 is 4.90 Å². The molecule has 2 heterocycles. The topological polar surface area (TPSA) is 50.3 Å². The first-order valence-electron chi connectivity index (χ1n) is 7.03. The SMILES string of the molecule is Cc1cc(Br)cnc1N1C(=O)CC2(CCCCC2)C1=O. The summed E-state index contributed by atoms with van der Waals surface area (Å²) in [6.07, 6.45) is 6.91. The summed E-state index contributed by atoms with van der Waals surface area (Å²) in [4.78, 5) is 30.7. The lowest BCUT2D eigenvalue weighted by Crippen LogP contribution is -2.37. The number of hydrogen-bond donors (Lipinski definition) is 0. The highest BCUT2D eigenvalue weighted by molar-refractivity contribution is 9.10. The van der Waals surface area contributed by atoms with Gasteiger partial charge in [0.2, 0.25) is 11.8 Å². The van der Waals surface area contributed by atoms with Crippen LogP contribution in [0.15, 0.2) is 16.7 Å². The van der Waals surface area contributed by atoms with Gasteiger partial charge in [0.05, 0.1) is 5.41 Å². The molecule has 2 fully saturated rings. The van der Waals surface area contributed by atoms with E-state index in [0.717, 1.165) is 35.7 Å². The Morgan fingerprint density at radius 1 is 1.25 bits per heavy atom. The number of hydrogen-bond acceptors (Lipinski definition) is 3. The number of carbonyl (C=O) groups is 2. The lowest BCUT2D eigenvalue weighted by Gasteiger charge is -2.30. The average Bonchev–Trinajstić information content (AvgIpc) is 2.63. The Kier molecular flexibility index (Phi) is 3.40. The molecule has 0 radical (unpaired) electrons. The molecule has 3 rings (SSSR count). The molecule has 1 saturated carbocycles. The van der Waals surface area contributed by atoms with E-state index in [-0.39, 0.29) is 11.8 Å². The Bertz CT molecular complexity index is 579. The van der Waals surface area contributed by atoms with Crippen LogP contribution in [0.25, 0.3) is 0 Å². The van der Waals surface area contributed by atoms with Crippen LogP contribution >= 0.6 is 15.9 Å². The van der Waals surface area contributed by atoms with Crippen molar-refractivity contribution in [3.8, 4) is 0 Å². The monoisotopic (exact) mass is 336 g/mol. The highest BCUT2D eigenvalue weighted by atomic mass is 79.9. The summed E-state index contributed by atoms with van der Waals surface area (Å²) in [5.41, 5.74) is 0.394. The maximum Gasteiger partial charge on any atom is 0.241 e. The van der Waals surface area contributed by atoms with Gasteiger partial charge in [-0.15, -0.1) is 0 Å². The first-order valence-corrected chi connectivity index (χ1v) is 7.82. The number of imide groups is 1. The molecule has 0 unspecified atom stereocenters. The van der Waals surface area contributed by atoms with Crippen LogP contribution in [0.3, 0.4) is 0 Å². The standard InChI is InChI=1S/C15H17BrN2O2/c1-10-7-11(16)9-17-13(10)18-12(19)8-15(14(18)20)5-3-2-4-6-15/h7,9H,2-6,8H2,1H3. The number of pyridine rings is 1. The van der Waals surface area contributed by atoms with Gasteiger partial charge in [0, 0.05) is 17.1 Å². The number of amides is 2. The number of aromatic nitrogens is 1. The van der Waals surface area contributed by atoms with Crippen LogP contribution in [-0.4, -0.2) is 16.8 Å². The van der Waals surface area contributed by atoms with Crippen LogP contribution in [0.4, 0.5) is 5.82 Å². The Labute approximate surface area is 126 Å². The Balaban J connectivity index is 1.98. The molecule has 1 aliphatic carbocycles. The molecule has 1 spiro atoms. The van der Waals surface area contributed by atoms with E-state index in [2.05, 4.69) is 20.9 Å². The number of nitrogens with zero attached hydrogens (tertiary/aromatic N) is 2. The fourth-order valence-corrected chi connectivity index (χ4v) is 3.84. The minimum atomic E-state index is -0.448. The second-order valence-electron chi connectivity index (χ2n) is 5.85. The van der Waals surface area contributed by atoms with Crippen molar-refractivity contribution < 1.29 is 9.59 Å². The predicted molar refractivity (Wildman–Crippen MR) is 79.3 cm³/mol. The Morgan fingerprint density at radius 2 is 1.95 bits per heavy atom. The van der Waals surface area contributed by atoms with Gasteiger partial charge in [0.1, 0.15) is 5.82 Å². The van der Waals surface area contributed by atoms with Gasteiger partial charge < -0.3 is 0 Å². The number of halogens is 1. The first-order chi connectivity index (χ1) is 9.53. The minimum absolute atomic E-state index is 0.0416. The third-order valence-electron chi connectivity index (χ3n) is 4.44. The van der Waals surface area contributed by atoms with Gasteiger partial charge in [0.15, 0.2) is 0 Å². The molecule has 0 atom stereocenters. The molecule has 4 nitrogen and oxygen atoms in total. The highest BCUT2D eigenvalue weighted by Gasteiger charge is 2.52. The molecular weight excluding hydrogens is 320 g/mol. The molecule has 20 heavy (non-hydrogen) atoms. The zero-order valence-electron chi connectivity index (χ0n) is 11.5. The van der Waals surface area contributed by atoms with Gasteiger partial charge in [0.25, 0.3) is 0 Å². The Morgan fingerprint density at radius 3 is 2.60 bits per heavy atom. The summed E-state index contributed by atoms with van der Waals surface area (Å²) in [5, 5.41) is 0. The van der Waals surface area contributed by atoms with E-state index in [4.69, 9.17) is 0 Å². The zero-order valence-corrected chi connectivity index (χ0v) is 13.1. The highest BCUT2D eigenvalue weighted by Crippen LogP contribution is 2.46. The van der Waals surface area contributed by atoms with Gasteiger partial charge in [-0.05, 0) is 47.3 Å². The maximum absolute atomic E-state index is 12.8. The van der Waals surface area contributed by atoms with Gasteiger partial charge in [-0.3, -0.25) is 9.59 Å². The van der Waals surface area contributed by atoms with E-state index < -0.39 is 5.41 Å². The van der Waals surface area contributed by atoms with Crippen molar-refractivity contribution in [1.82, 2.24) is 4.98 Å². The van der Waals surface area contributed by atoms with Gasteiger partial charge in [-0.1, -0.05) is 19.3 Å². The van der Waals surface area contributed by atoms with Gasteiger partial charge in [-0.2, -0.15) is 0 Å². The number of aryl methyl sites for hydroxylation is 1. The number of carbonyl (C=O) groups excluding carboxylic acids is 2. The molecule has 0 bridgehead atoms. The summed E-state index contributed by atoms with van der Waals surface area (Å²) in [5.74, 6) is 0.348. The zero-order chi connectivity index (χ0) is 14.3. The van der Waals surface area contributed by atoms with Crippen molar-refractivity contribution in [2.45, 2.75) is 45.4 Å². The van der Waals surface area contributed by atoms with Gasteiger partial charge in [-0.25, -0.2) is 9.88 Å². The molecule has 0 N–H and O–H groups in total. The second-order valence-corrected chi connectivity index (χ2v) is 6.76. The molecule has 106 valence electrons. The van der Waals surface area contributed by atoms with Crippen LogP contribution in [0.1, 0.15) is 44.1 Å². The van der Waals surface area contributed by atoms with Crippen molar-refractivity contribution >= 4 is 33.6 Å². The number of anilines is 1. The molecule has 1 aromatic heterocycles. The summed E-state index contributed by atoms with van der Waals surface area (Å²) < 4.78 is 0.852. The van der Waals surface area contributed by atoms with Crippen LogP contribution in [0, 0.1) is 12.3 Å². The van der Waals surface area contributed by atoms with E-state index in [1.807, 2.05) is 13.0 Å². The van der Waals surface area contributed by atoms with Crippen molar-refractivity contribution in [2.75, 3.05) is 4.90 Å². The lowest BCUT2D eigenvalue weighted by atomic mass is 9.73. The summed E-state index contributed by atoms with van der Waals surface area (Å²) in [6, 6.07) is 1.88. The van der Waals surface area contributed by atoms with E-state index in [9.17, 15) is 9.59 Å². The third-order valence-corrected chi connectivity index (χ3v) is 4.87. The van der Waals surface area contributed by atoms with Crippen molar-refractivity contribution in [1.29, 1.82) is 0 Å². The number of rotatable bonds is 1. The van der Waals surface area contributed by atoms with E-state index in [1.165, 1.54) is 11.3 Å². The largest absolute Gasteiger partial charge is 0.274 e. The quantitative estimate of drug-likeness (QED) is 0.739. The van der Waals surface area contributed by atoms with Crippen LogP contribution in [-0.2, 0) is 9.59 Å². The van der Waals surface area contributed by atoms with E-state index >= 15 is 0 Å². The molecule has 5 heteroatoms. The fraction of sp³-hybridized carbons (Fsp3) is 0.533. The summed E-state index contributed by atoms with van der Waals surface area (Å²) >= 11 is 3.35. The van der Waals surface area contributed by atoms with E-state index in [1.54, 1.807) is 6.20 Å². The van der Waals surface area contributed by atoms with Crippen molar-refractivity contribution in [2.24, 2.45) is 5.41 Å². The Hall–Kier alpha value is -1.23. The maximum atomic E-state index is 12.8. The molecule has 1 aromatic rings. The summed E-state index contributed by atoms with van der Waals surface area (Å²) in [6.45, 7) is 1.87. The normalized spacial score (nSPS) is 21.8. The van der Waals surface area contributed by atoms with Crippen molar-refractivity contribution in [3.05, 3.63) is 22.3 Å². The smallest absolute Gasteiger partial charge is 0.241 e. The predicted octanol–water partition coefficient (Wildman–Crippen LogP) is 3.37. The first kappa shape index (κ1) is 13.7. The minimum Gasteiger partial charge on any atom is -0.274 e. The average molecular weight is 337 g/mol. The molecule has 2 amide bonds. The summed E-state index contributed by atoms with van der Waals surface area (Å²) in [7, 11) is 0. The van der Waals surface area contributed by atoms with Crippen LogP contribution in [0.2, 0.25) is 0 Å². The second kappa shape index (κ2) is 4.95. The van der Waals surface area contributed by atoms with Crippen molar-refractivity contribution in [3.63, 3.8) is 0 Å². The fourth-order valence-electron chi connectivity index (χ4n) is 3.40. The molecular formula is C15H17BrN2O2. The molecule has 0 aromatic carbocycles. The van der Waals surface area contributed by atoms with Crippen LogP contribution in [0.5, 0.6) is 0 Å². The van der Waals surface area contributed by atoms with E-state index in [0.29, 0.717) is 12.2 Å². The molecule has 1 aliphatic heterocycles.